The lowest BCUT2D eigenvalue weighted by atomic mass is 10.0. The molecular weight excluding hydrogens is 656 g/mol. The van der Waals surface area contributed by atoms with Gasteiger partial charge in [-0.1, -0.05) is 67.6 Å². The zero-order valence-electron chi connectivity index (χ0n) is 26.9. The third-order valence-electron chi connectivity index (χ3n) is 8.90. The van der Waals surface area contributed by atoms with Crippen molar-refractivity contribution in [2.45, 2.75) is 69.7 Å². The minimum atomic E-state index is -2.10. The molecule has 3 fully saturated rings. The number of rotatable bonds is 10. The van der Waals surface area contributed by atoms with Crippen LogP contribution in [-0.2, 0) is 30.7 Å². The fraction of sp³-hybridized carbons (Fsp3) is 0.471. The predicted molar refractivity (Wildman–Crippen MR) is 187 cm³/mol. The summed E-state index contributed by atoms with van der Waals surface area (Å²) in [5.74, 6) is 1.38. The first kappa shape index (κ1) is 32.7. The minimum Gasteiger partial charge on any atom is -0.456 e. The Morgan fingerprint density at radius 3 is 2.34 bits per heavy atom. The monoisotopic (exact) mass is 696 g/mol. The predicted octanol–water partition coefficient (Wildman–Crippen LogP) is 6.53. The van der Waals surface area contributed by atoms with Crippen LogP contribution in [0.15, 0.2) is 59.0 Å². The van der Waals surface area contributed by atoms with Crippen LogP contribution in [0.2, 0.25) is 30.7 Å². The number of hydrogen-bond donors (Lipinski definition) is 1. The Labute approximate surface area is 281 Å². The molecule has 3 aliphatic heterocycles. The molecule has 3 aliphatic rings. The molecule has 0 unspecified atom stereocenters. The van der Waals surface area contributed by atoms with E-state index in [0.717, 1.165) is 41.3 Å². The summed E-state index contributed by atoms with van der Waals surface area (Å²) in [4.78, 5) is 9.74. The molecule has 0 spiro atoms. The Morgan fingerprint density at radius 2 is 1.64 bits per heavy atom. The molecule has 7 rings (SSSR count). The number of benzene rings is 2. The SMILES string of the molecule is C[Si](C)(C)CCOCn1c(O[C@@H]2CO[C@H]3[C@@H]2OC[C@H]3O)nc2cc(Cl)c(-c3ccc(-c4ccc(N=S5(=O)CCCC5)cc4)cc3)nc21. The average Bonchev–Trinajstić information content (AvgIpc) is 3.81. The summed E-state index contributed by atoms with van der Waals surface area (Å²) < 4.78 is 43.3. The van der Waals surface area contributed by atoms with E-state index in [2.05, 4.69) is 24.0 Å². The second-order valence-corrected chi connectivity index (χ2v) is 22.3. The Bertz CT molecular complexity index is 1860. The van der Waals surface area contributed by atoms with Gasteiger partial charge in [-0.2, -0.15) is 9.35 Å². The number of aliphatic hydroxyl groups excluding tert-OH is 1. The third-order valence-corrected chi connectivity index (χ3v) is 13.3. The number of halogens is 1. The van der Waals surface area contributed by atoms with Gasteiger partial charge in [-0.05, 0) is 48.2 Å². The Kier molecular flexibility index (Phi) is 9.20. The molecular formula is C34H41ClN4O6SSi. The summed E-state index contributed by atoms with van der Waals surface area (Å²) in [5, 5.41) is 10.7. The normalized spacial score (nSPS) is 23.8. The van der Waals surface area contributed by atoms with Gasteiger partial charge in [0.05, 0.1) is 39.3 Å². The van der Waals surface area contributed by atoms with Crippen LogP contribution in [0.5, 0.6) is 6.01 Å². The lowest BCUT2D eigenvalue weighted by Crippen LogP contribution is -2.35. The van der Waals surface area contributed by atoms with Crippen LogP contribution in [0, 0.1) is 0 Å². The van der Waals surface area contributed by atoms with E-state index < -0.39 is 36.1 Å². The van der Waals surface area contributed by atoms with Crippen LogP contribution in [0.25, 0.3) is 33.5 Å². The number of aliphatic hydroxyl groups is 1. The molecule has 0 amide bonds. The first-order chi connectivity index (χ1) is 22.6. The Hall–Kier alpha value is -2.84. The quantitative estimate of drug-likeness (QED) is 0.147. The van der Waals surface area contributed by atoms with Crippen molar-refractivity contribution < 1.29 is 28.3 Å². The van der Waals surface area contributed by atoms with Crippen molar-refractivity contribution in [3.05, 3.63) is 59.6 Å². The third kappa shape index (κ3) is 7.14. The van der Waals surface area contributed by atoms with Crippen LogP contribution < -0.4 is 4.74 Å². The van der Waals surface area contributed by atoms with E-state index in [1.807, 2.05) is 53.1 Å². The van der Waals surface area contributed by atoms with Crippen LogP contribution in [0.4, 0.5) is 5.69 Å². The van der Waals surface area contributed by atoms with Crippen molar-refractivity contribution >= 4 is 46.3 Å². The molecule has 13 heteroatoms. The van der Waals surface area contributed by atoms with Gasteiger partial charge >= 0.3 is 6.01 Å². The van der Waals surface area contributed by atoms with Crippen LogP contribution in [0.3, 0.4) is 0 Å². The lowest BCUT2D eigenvalue weighted by Gasteiger charge is -2.19. The molecule has 1 N–H and O–H groups in total. The highest BCUT2D eigenvalue weighted by molar-refractivity contribution is 7.93. The van der Waals surface area contributed by atoms with Crippen LogP contribution in [0.1, 0.15) is 12.8 Å². The molecule has 47 heavy (non-hydrogen) atoms. The molecule has 5 heterocycles. The van der Waals surface area contributed by atoms with E-state index in [9.17, 15) is 9.32 Å². The van der Waals surface area contributed by atoms with E-state index >= 15 is 0 Å². The van der Waals surface area contributed by atoms with Crippen molar-refractivity contribution in [3.63, 3.8) is 0 Å². The smallest absolute Gasteiger partial charge is 0.301 e. The highest BCUT2D eigenvalue weighted by Crippen LogP contribution is 2.35. The highest BCUT2D eigenvalue weighted by Gasteiger charge is 2.49. The number of hydrogen-bond acceptors (Lipinski definition) is 9. The van der Waals surface area contributed by atoms with Gasteiger partial charge in [0.15, 0.2) is 11.8 Å². The maximum absolute atomic E-state index is 12.8. The molecule has 4 aromatic rings. The Morgan fingerprint density at radius 1 is 0.979 bits per heavy atom. The lowest BCUT2D eigenvalue weighted by molar-refractivity contribution is 0.00336. The summed E-state index contributed by atoms with van der Waals surface area (Å²) in [6.45, 7) is 8.29. The van der Waals surface area contributed by atoms with Gasteiger partial charge in [-0.15, -0.1) is 0 Å². The van der Waals surface area contributed by atoms with Gasteiger partial charge in [0.25, 0.3) is 0 Å². The first-order valence-corrected chi connectivity index (χ1v) is 22.1. The Balaban J connectivity index is 1.15. The highest BCUT2D eigenvalue weighted by atomic mass is 35.5. The maximum atomic E-state index is 12.8. The fourth-order valence-electron chi connectivity index (χ4n) is 6.20. The topological polar surface area (TPSA) is 117 Å². The van der Waals surface area contributed by atoms with Gasteiger partial charge in [0.1, 0.15) is 30.6 Å². The van der Waals surface area contributed by atoms with Gasteiger partial charge < -0.3 is 24.1 Å². The summed E-state index contributed by atoms with van der Waals surface area (Å²) in [5.41, 5.74) is 5.52. The second-order valence-electron chi connectivity index (χ2n) is 13.8. The van der Waals surface area contributed by atoms with E-state index in [0.29, 0.717) is 46.0 Å². The van der Waals surface area contributed by atoms with E-state index in [1.165, 1.54) is 0 Å². The average molecular weight is 697 g/mol. The summed E-state index contributed by atoms with van der Waals surface area (Å²) in [6.07, 6.45) is 0.0871. The molecule has 10 nitrogen and oxygen atoms in total. The summed E-state index contributed by atoms with van der Waals surface area (Å²) >= 11 is 6.81. The second kappa shape index (κ2) is 13.2. The van der Waals surface area contributed by atoms with Crippen molar-refractivity contribution in [2.24, 2.45) is 4.36 Å². The largest absolute Gasteiger partial charge is 0.456 e. The van der Waals surface area contributed by atoms with Crippen molar-refractivity contribution in [3.8, 4) is 28.4 Å². The summed E-state index contributed by atoms with van der Waals surface area (Å²) in [7, 11) is -3.39. The molecule has 3 saturated heterocycles. The minimum absolute atomic E-state index is 0.214. The number of pyridine rings is 1. The number of imidazole rings is 1. The van der Waals surface area contributed by atoms with E-state index in [4.69, 9.17) is 40.5 Å². The van der Waals surface area contributed by atoms with Crippen LogP contribution in [-0.4, -0.2) is 87.7 Å². The zero-order valence-corrected chi connectivity index (χ0v) is 29.5. The first-order valence-electron chi connectivity index (χ1n) is 16.2. The molecule has 0 bridgehead atoms. The van der Waals surface area contributed by atoms with Gasteiger partial charge in [-0.25, -0.2) is 9.19 Å². The molecule has 0 aliphatic carbocycles. The number of fused-ring (bicyclic) bond motifs is 2. The standard InChI is InChI=1S/C34H41ClN4O6SSi/c1-47(2,3)17-14-42-21-39-33-27(36-34(39)45-29-20-44-31-28(40)19-43-32(29)31)18-26(35)30(37-33)24-8-6-22(7-9-24)23-10-12-25(13-11-23)38-46(41)15-4-5-16-46/h6-13,18,28-29,31-32,40H,4-5,14-17,19-21H2,1-3H3/t28-,29-,31-,32-/m1/s1. The zero-order chi connectivity index (χ0) is 32.8. The molecule has 4 atom stereocenters. The van der Waals surface area contributed by atoms with Gasteiger partial charge in [-0.3, -0.25) is 4.57 Å². The van der Waals surface area contributed by atoms with Crippen LogP contribution >= 0.6 is 11.6 Å². The van der Waals surface area contributed by atoms with Crippen molar-refractivity contribution in [1.82, 2.24) is 14.5 Å². The number of aromatic nitrogens is 3. The molecule has 2 aromatic heterocycles. The molecule has 2 aromatic carbocycles. The number of ether oxygens (including phenoxy) is 4. The number of nitrogens with zero attached hydrogens (tertiary/aromatic N) is 4. The molecule has 0 saturated carbocycles. The van der Waals surface area contributed by atoms with Gasteiger partial charge in [0, 0.05) is 31.7 Å². The molecule has 250 valence electrons. The van der Waals surface area contributed by atoms with Crippen molar-refractivity contribution in [2.75, 3.05) is 31.3 Å². The molecule has 0 radical (unpaired) electrons. The van der Waals surface area contributed by atoms with Crippen molar-refractivity contribution in [1.29, 1.82) is 0 Å². The van der Waals surface area contributed by atoms with E-state index in [-0.39, 0.29) is 26.0 Å². The summed E-state index contributed by atoms with van der Waals surface area (Å²) in [6, 6.07) is 19.2. The van der Waals surface area contributed by atoms with Gasteiger partial charge in [0.2, 0.25) is 0 Å². The fourth-order valence-corrected chi connectivity index (χ4v) is 9.42. The maximum Gasteiger partial charge on any atom is 0.301 e. The van der Waals surface area contributed by atoms with E-state index in [1.54, 1.807) is 6.07 Å².